The molecule has 104 valence electrons. The Hall–Kier alpha value is -0.570. The van der Waals surface area contributed by atoms with E-state index in [0.29, 0.717) is 12.0 Å². The van der Waals surface area contributed by atoms with E-state index in [2.05, 4.69) is 17.0 Å². The molecule has 2 N–H and O–H groups in total. The molecule has 3 heteroatoms. The van der Waals surface area contributed by atoms with Gasteiger partial charge < -0.3 is 10.6 Å². The van der Waals surface area contributed by atoms with Crippen LogP contribution in [0.4, 0.5) is 0 Å². The van der Waals surface area contributed by atoms with Gasteiger partial charge in [-0.2, -0.15) is 0 Å². The van der Waals surface area contributed by atoms with E-state index in [0.717, 1.165) is 30.5 Å². The molecule has 2 fully saturated rings. The number of nitrogens with zero attached hydrogens (tertiary/aromatic N) is 1. The van der Waals surface area contributed by atoms with Crippen molar-refractivity contribution in [2.45, 2.75) is 37.6 Å². The maximum Gasteiger partial charge on any atom is 0.0408 e. The van der Waals surface area contributed by atoms with E-state index in [-0.39, 0.29) is 0 Å². The van der Waals surface area contributed by atoms with Crippen LogP contribution in [-0.4, -0.2) is 30.6 Å². The van der Waals surface area contributed by atoms with Crippen LogP contribution in [0.25, 0.3) is 0 Å². The van der Waals surface area contributed by atoms with E-state index >= 15 is 0 Å². The second-order valence-electron chi connectivity index (χ2n) is 6.26. The van der Waals surface area contributed by atoms with Crippen molar-refractivity contribution in [3.05, 3.63) is 34.9 Å². The number of likely N-dealkylation sites (tertiary alicyclic amines) is 1. The van der Waals surface area contributed by atoms with Crippen LogP contribution >= 0.6 is 11.6 Å². The quantitative estimate of drug-likeness (QED) is 0.920. The van der Waals surface area contributed by atoms with Crippen LogP contribution in [0.1, 0.15) is 37.2 Å². The van der Waals surface area contributed by atoms with Gasteiger partial charge in [0, 0.05) is 30.7 Å². The second-order valence-corrected chi connectivity index (χ2v) is 6.70. The largest absolute Gasteiger partial charge is 0.327 e. The zero-order valence-electron chi connectivity index (χ0n) is 11.4. The molecule has 1 heterocycles. The average Bonchev–Trinajstić information content (AvgIpc) is 2.33. The second kappa shape index (κ2) is 5.82. The lowest BCUT2D eigenvalue weighted by molar-refractivity contribution is 0.133. The molecule has 0 spiro atoms. The normalized spacial score (nSPS) is 29.2. The fraction of sp³-hybridized carbons (Fsp3) is 0.625. The molecule has 1 aliphatic carbocycles. The molecule has 1 saturated carbocycles. The first kappa shape index (κ1) is 13.4. The predicted octanol–water partition coefficient (Wildman–Crippen LogP) is 3.26. The predicted molar refractivity (Wildman–Crippen MR) is 80.6 cm³/mol. The maximum atomic E-state index is 6.25. The summed E-state index contributed by atoms with van der Waals surface area (Å²) in [4.78, 5) is 2.57. The highest BCUT2D eigenvalue weighted by molar-refractivity contribution is 6.30. The van der Waals surface area contributed by atoms with Gasteiger partial charge in [0.2, 0.25) is 0 Å². The molecular formula is C16H23ClN2. The molecule has 0 amide bonds. The molecule has 1 aromatic rings. The van der Waals surface area contributed by atoms with Crippen LogP contribution < -0.4 is 5.73 Å². The Bertz CT molecular complexity index is 431. The van der Waals surface area contributed by atoms with E-state index in [1.54, 1.807) is 0 Å². The van der Waals surface area contributed by atoms with E-state index in [4.69, 9.17) is 17.3 Å². The highest BCUT2D eigenvalue weighted by Gasteiger charge is 2.29. The molecule has 2 unspecified atom stereocenters. The smallest absolute Gasteiger partial charge is 0.0408 e. The monoisotopic (exact) mass is 278 g/mol. The van der Waals surface area contributed by atoms with E-state index in [1.165, 1.54) is 31.4 Å². The third kappa shape index (κ3) is 3.31. The van der Waals surface area contributed by atoms with Gasteiger partial charge in [0.1, 0.15) is 0 Å². The standard InChI is InChI=1S/C16H23ClN2/c17-15-6-2-5-13(7-15)14-8-16(18)11-19(10-14)9-12-3-1-4-12/h2,5-7,12,14,16H,1,3-4,8-11,18H2. The Kier molecular flexibility index (Phi) is 4.11. The van der Waals surface area contributed by atoms with Crippen LogP contribution in [0.15, 0.2) is 24.3 Å². The van der Waals surface area contributed by atoms with E-state index in [9.17, 15) is 0 Å². The number of halogens is 1. The van der Waals surface area contributed by atoms with Crippen molar-refractivity contribution in [3.63, 3.8) is 0 Å². The maximum absolute atomic E-state index is 6.25. The third-order valence-electron chi connectivity index (χ3n) is 4.62. The molecule has 3 rings (SSSR count). The number of hydrogen-bond donors (Lipinski definition) is 1. The summed E-state index contributed by atoms with van der Waals surface area (Å²) < 4.78 is 0. The van der Waals surface area contributed by atoms with Gasteiger partial charge in [0.25, 0.3) is 0 Å². The van der Waals surface area contributed by atoms with Gasteiger partial charge >= 0.3 is 0 Å². The summed E-state index contributed by atoms with van der Waals surface area (Å²) in [5.74, 6) is 1.47. The lowest BCUT2D eigenvalue weighted by Crippen LogP contribution is -2.48. The van der Waals surface area contributed by atoms with Crippen LogP contribution in [-0.2, 0) is 0 Å². The molecule has 0 radical (unpaired) electrons. The van der Waals surface area contributed by atoms with Crippen LogP contribution in [0.3, 0.4) is 0 Å². The molecule has 2 nitrogen and oxygen atoms in total. The zero-order valence-corrected chi connectivity index (χ0v) is 12.1. The highest BCUT2D eigenvalue weighted by atomic mass is 35.5. The SMILES string of the molecule is NC1CC(c2cccc(Cl)c2)CN(CC2CCC2)C1. The fourth-order valence-electron chi connectivity index (χ4n) is 3.42. The topological polar surface area (TPSA) is 29.3 Å². The summed E-state index contributed by atoms with van der Waals surface area (Å²) in [5, 5.41) is 0.835. The van der Waals surface area contributed by atoms with Crippen molar-refractivity contribution in [1.29, 1.82) is 0 Å². The van der Waals surface area contributed by atoms with E-state index < -0.39 is 0 Å². The summed E-state index contributed by atoms with van der Waals surface area (Å²) in [6.07, 6.45) is 5.32. The molecule has 2 aliphatic rings. The zero-order chi connectivity index (χ0) is 13.2. The minimum atomic E-state index is 0.304. The summed E-state index contributed by atoms with van der Waals surface area (Å²) in [7, 11) is 0. The van der Waals surface area contributed by atoms with Crippen molar-refractivity contribution in [2.24, 2.45) is 11.7 Å². The Morgan fingerprint density at radius 3 is 2.79 bits per heavy atom. The minimum absolute atomic E-state index is 0.304. The number of piperidine rings is 1. The van der Waals surface area contributed by atoms with Gasteiger partial charge in [-0.1, -0.05) is 30.2 Å². The molecule has 19 heavy (non-hydrogen) atoms. The number of hydrogen-bond acceptors (Lipinski definition) is 2. The van der Waals surface area contributed by atoms with Crippen molar-refractivity contribution in [2.75, 3.05) is 19.6 Å². The Morgan fingerprint density at radius 2 is 2.11 bits per heavy atom. The first-order valence-corrected chi connectivity index (χ1v) is 7.82. The summed E-state index contributed by atoms with van der Waals surface area (Å²) in [6, 6.07) is 8.59. The van der Waals surface area contributed by atoms with Gasteiger partial charge in [0.15, 0.2) is 0 Å². The first-order chi connectivity index (χ1) is 9.20. The third-order valence-corrected chi connectivity index (χ3v) is 4.85. The summed E-state index contributed by atoms with van der Waals surface area (Å²) >= 11 is 6.11. The molecule has 0 bridgehead atoms. The Morgan fingerprint density at radius 1 is 1.26 bits per heavy atom. The molecular weight excluding hydrogens is 256 g/mol. The van der Waals surface area contributed by atoms with Crippen molar-refractivity contribution < 1.29 is 0 Å². The van der Waals surface area contributed by atoms with Crippen molar-refractivity contribution in [1.82, 2.24) is 4.90 Å². The van der Waals surface area contributed by atoms with Crippen molar-refractivity contribution >= 4 is 11.6 Å². The first-order valence-electron chi connectivity index (χ1n) is 7.44. The van der Waals surface area contributed by atoms with E-state index in [1.807, 2.05) is 12.1 Å². The van der Waals surface area contributed by atoms with Crippen LogP contribution in [0.5, 0.6) is 0 Å². The molecule has 2 atom stereocenters. The number of benzene rings is 1. The minimum Gasteiger partial charge on any atom is -0.327 e. The highest BCUT2D eigenvalue weighted by Crippen LogP contribution is 2.32. The summed E-state index contributed by atoms with van der Waals surface area (Å²) in [5.41, 5.74) is 7.60. The van der Waals surface area contributed by atoms with Gasteiger partial charge in [-0.3, -0.25) is 0 Å². The molecule has 1 aliphatic heterocycles. The van der Waals surface area contributed by atoms with Gasteiger partial charge in [-0.25, -0.2) is 0 Å². The van der Waals surface area contributed by atoms with Crippen LogP contribution in [0, 0.1) is 5.92 Å². The number of rotatable bonds is 3. The fourth-order valence-corrected chi connectivity index (χ4v) is 3.62. The van der Waals surface area contributed by atoms with Gasteiger partial charge in [0.05, 0.1) is 0 Å². The molecule has 0 aromatic heterocycles. The number of nitrogens with two attached hydrogens (primary N) is 1. The van der Waals surface area contributed by atoms with Gasteiger partial charge in [-0.15, -0.1) is 0 Å². The van der Waals surface area contributed by atoms with Crippen LogP contribution in [0.2, 0.25) is 5.02 Å². The lowest BCUT2D eigenvalue weighted by atomic mass is 9.83. The Labute approximate surface area is 120 Å². The lowest BCUT2D eigenvalue weighted by Gasteiger charge is -2.40. The molecule has 1 aromatic carbocycles. The average molecular weight is 279 g/mol. The van der Waals surface area contributed by atoms with Crippen molar-refractivity contribution in [3.8, 4) is 0 Å². The molecule has 1 saturated heterocycles. The Balaban J connectivity index is 1.67. The summed E-state index contributed by atoms with van der Waals surface area (Å²) in [6.45, 7) is 3.45. The van der Waals surface area contributed by atoms with Gasteiger partial charge in [-0.05, 0) is 48.8 Å².